The number of hydrogen-bond acceptors (Lipinski definition) is 3. The van der Waals surface area contributed by atoms with Crippen molar-refractivity contribution in [3.05, 3.63) is 34.6 Å². The van der Waals surface area contributed by atoms with Gasteiger partial charge in [-0.1, -0.05) is 36.9 Å². The third-order valence-electron chi connectivity index (χ3n) is 4.44. The van der Waals surface area contributed by atoms with Crippen LogP contribution in [-0.2, 0) is 11.2 Å². The number of nitrogens with two attached hydrogens (primary N) is 1. The van der Waals surface area contributed by atoms with E-state index < -0.39 is 5.82 Å². The van der Waals surface area contributed by atoms with Gasteiger partial charge in [-0.15, -0.1) is 0 Å². The van der Waals surface area contributed by atoms with Crippen molar-refractivity contribution in [2.45, 2.75) is 50.7 Å². The van der Waals surface area contributed by atoms with Gasteiger partial charge in [-0.3, -0.25) is 11.3 Å². The van der Waals surface area contributed by atoms with Crippen LogP contribution in [0.25, 0.3) is 0 Å². The highest BCUT2D eigenvalue weighted by atomic mass is 35.5. The first kappa shape index (κ1) is 16.7. The van der Waals surface area contributed by atoms with Crippen LogP contribution >= 0.6 is 11.6 Å². The molecule has 1 aromatic rings. The van der Waals surface area contributed by atoms with Gasteiger partial charge in [0.05, 0.1) is 17.2 Å². The molecule has 0 aliphatic heterocycles. The number of nitrogens with one attached hydrogen (secondary N) is 1. The lowest BCUT2D eigenvalue weighted by molar-refractivity contribution is 0.00827. The summed E-state index contributed by atoms with van der Waals surface area (Å²) in [6.07, 6.45) is 6.92. The third kappa shape index (κ3) is 4.39. The summed E-state index contributed by atoms with van der Waals surface area (Å²) in [5.41, 5.74) is 3.83. The molecule has 0 amide bonds. The van der Waals surface area contributed by atoms with E-state index >= 15 is 0 Å². The molecule has 0 aromatic heterocycles. The Morgan fingerprint density at radius 1 is 1.38 bits per heavy atom. The smallest absolute Gasteiger partial charge is 0.141 e. The van der Waals surface area contributed by atoms with Crippen molar-refractivity contribution in [3.63, 3.8) is 0 Å². The first-order chi connectivity index (χ1) is 10.2. The summed E-state index contributed by atoms with van der Waals surface area (Å²) in [6, 6.07) is 4.81. The number of hydrazine groups is 1. The molecule has 1 aliphatic carbocycles. The van der Waals surface area contributed by atoms with Crippen molar-refractivity contribution in [1.82, 2.24) is 5.43 Å². The Morgan fingerprint density at radius 2 is 2.10 bits per heavy atom. The largest absolute Gasteiger partial charge is 0.379 e. The van der Waals surface area contributed by atoms with Gasteiger partial charge in [0.2, 0.25) is 0 Å². The molecular formula is C16H24ClFN2O. The minimum absolute atomic E-state index is 0.000345. The molecule has 3 nitrogen and oxygen atoms in total. The number of halogens is 2. The predicted octanol–water partition coefficient (Wildman–Crippen LogP) is 3.45. The predicted molar refractivity (Wildman–Crippen MR) is 83.6 cm³/mol. The molecule has 1 aliphatic rings. The van der Waals surface area contributed by atoms with Crippen LogP contribution in [0.5, 0.6) is 0 Å². The van der Waals surface area contributed by atoms with E-state index in [2.05, 4.69) is 5.43 Å². The molecule has 2 atom stereocenters. The molecule has 1 aromatic carbocycles. The van der Waals surface area contributed by atoms with Crippen molar-refractivity contribution in [2.24, 2.45) is 11.8 Å². The van der Waals surface area contributed by atoms with Crippen molar-refractivity contribution in [2.75, 3.05) is 7.11 Å². The van der Waals surface area contributed by atoms with Crippen LogP contribution in [-0.4, -0.2) is 19.3 Å². The normalized spacial score (nSPS) is 19.4. The molecule has 21 heavy (non-hydrogen) atoms. The fourth-order valence-corrected chi connectivity index (χ4v) is 3.54. The second-order valence-electron chi connectivity index (χ2n) is 5.82. The highest BCUT2D eigenvalue weighted by Crippen LogP contribution is 2.30. The molecule has 0 bridgehead atoms. The Kier molecular flexibility index (Phi) is 6.42. The maximum absolute atomic E-state index is 13.2. The minimum Gasteiger partial charge on any atom is -0.379 e. The zero-order chi connectivity index (χ0) is 15.2. The summed E-state index contributed by atoms with van der Waals surface area (Å²) in [4.78, 5) is 0. The summed E-state index contributed by atoms with van der Waals surface area (Å²) in [6.45, 7) is 0. The Labute approximate surface area is 131 Å². The Bertz CT molecular complexity index is 452. The second kappa shape index (κ2) is 8.08. The maximum Gasteiger partial charge on any atom is 0.141 e. The van der Waals surface area contributed by atoms with Gasteiger partial charge in [0.1, 0.15) is 5.82 Å². The van der Waals surface area contributed by atoms with Crippen LogP contribution in [0.4, 0.5) is 4.39 Å². The molecule has 2 rings (SSSR count). The fraction of sp³-hybridized carbons (Fsp3) is 0.625. The molecule has 0 heterocycles. The maximum atomic E-state index is 13.2. The average Bonchev–Trinajstić information content (AvgIpc) is 2.51. The SMILES string of the molecule is COC(C1CCCCC1)C(Cc1ccc(F)c(Cl)c1)NN. The third-order valence-corrected chi connectivity index (χ3v) is 4.73. The van der Waals surface area contributed by atoms with Gasteiger partial charge in [0.15, 0.2) is 0 Å². The quantitative estimate of drug-likeness (QED) is 0.624. The van der Waals surface area contributed by atoms with Crippen molar-refractivity contribution in [3.8, 4) is 0 Å². The van der Waals surface area contributed by atoms with Gasteiger partial charge in [0, 0.05) is 7.11 Å². The Hall–Kier alpha value is -0.680. The van der Waals surface area contributed by atoms with Crippen LogP contribution in [0, 0.1) is 11.7 Å². The van der Waals surface area contributed by atoms with Crippen LogP contribution in [0.1, 0.15) is 37.7 Å². The van der Waals surface area contributed by atoms with E-state index in [4.69, 9.17) is 22.2 Å². The molecule has 1 saturated carbocycles. The van der Waals surface area contributed by atoms with E-state index in [9.17, 15) is 4.39 Å². The fourth-order valence-electron chi connectivity index (χ4n) is 3.34. The topological polar surface area (TPSA) is 47.3 Å². The molecule has 118 valence electrons. The second-order valence-corrected chi connectivity index (χ2v) is 6.23. The summed E-state index contributed by atoms with van der Waals surface area (Å²) in [5, 5.41) is 0.148. The summed E-state index contributed by atoms with van der Waals surface area (Å²) >= 11 is 5.84. The molecule has 0 spiro atoms. The standard InChI is InChI=1S/C16H24ClFN2O/c1-21-16(12-5-3-2-4-6-12)15(20-19)10-11-7-8-14(18)13(17)9-11/h7-9,12,15-16,20H,2-6,10,19H2,1H3. The highest BCUT2D eigenvalue weighted by Gasteiger charge is 2.30. The van der Waals surface area contributed by atoms with Crippen LogP contribution in [0.15, 0.2) is 18.2 Å². The van der Waals surface area contributed by atoms with Gasteiger partial charge in [-0.2, -0.15) is 0 Å². The van der Waals surface area contributed by atoms with Crippen molar-refractivity contribution < 1.29 is 9.13 Å². The van der Waals surface area contributed by atoms with Gasteiger partial charge in [0.25, 0.3) is 0 Å². The van der Waals surface area contributed by atoms with E-state index in [1.807, 2.05) is 0 Å². The number of hydrogen-bond donors (Lipinski definition) is 2. The molecule has 0 saturated heterocycles. The van der Waals surface area contributed by atoms with Gasteiger partial charge in [-0.05, 0) is 42.9 Å². The Balaban J connectivity index is 2.07. The lowest BCUT2D eigenvalue weighted by Crippen LogP contribution is -2.49. The Morgan fingerprint density at radius 3 is 2.67 bits per heavy atom. The molecule has 2 unspecified atom stereocenters. The lowest BCUT2D eigenvalue weighted by Gasteiger charge is -2.34. The lowest BCUT2D eigenvalue weighted by atomic mass is 9.81. The number of benzene rings is 1. The first-order valence-electron chi connectivity index (χ1n) is 7.58. The van der Waals surface area contributed by atoms with Gasteiger partial charge in [-0.25, -0.2) is 4.39 Å². The zero-order valence-corrected chi connectivity index (χ0v) is 13.2. The van der Waals surface area contributed by atoms with E-state index in [1.54, 1.807) is 19.2 Å². The first-order valence-corrected chi connectivity index (χ1v) is 7.96. The molecule has 5 heteroatoms. The van der Waals surface area contributed by atoms with E-state index in [1.165, 1.54) is 38.2 Å². The van der Waals surface area contributed by atoms with Crippen LogP contribution in [0.3, 0.4) is 0 Å². The summed E-state index contributed by atoms with van der Waals surface area (Å²) in [7, 11) is 1.74. The highest BCUT2D eigenvalue weighted by molar-refractivity contribution is 6.30. The van der Waals surface area contributed by atoms with Crippen LogP contribution < -0.4 is 11.3 Å². The van der Waals surface area contributed by atoms with Crippen LogP contribution in [0.2, 0.25) is 5.02 Å². The molecule has 3 N–H and O–H groups in total. The summed E-state index contributed by atoms with van der Waals surface area (Å²) in [5.74, 6) is 5.87. The number of ether oxygens (including phenoxy) is 1. The molecular weight excluding hydrogens is 291 g/mol. The zero-order valence-electron chi connectivity index (χ0n) is 12.4. The monoisotopic (exact) mass is 314 g/mol. The van der Waals surface area contributed by atoms with Crippen molar-refractivity contribution >= 4 is 11.6 Å². The van der Waals surface area contributed by atoms with E-state index in [-0.39, 0.29) is 17.2 Å². The number of rotatable bonds is 6. The van der Waals surface area contributed by atoms with Crippen molar-refractivity contribution in [1.29, 1.82) is 0 Å². The number of methoxy groups -OCH3 is 1. The minimum atomic E-state index is -0.395. The van der Waals surface area contributed by atoms with E-state index in [0.717, 1.165) is 5.56 Å². The molecule has 1 fully saturated rings. The van der Waals surface area contributed by atoms with Gasteiger partial charge >= 0.3 is 0 Å². The van der Waals surface area contributed by atoms with E-state index in [0.29, 0.717) is 12.3 Å². The average molecular weight is 315 g/mol. The molecule has 0 radical (unpaired) electrons. The van der Waals surface area contributed by atoms with Gasteiger partial charge < -0.3 is 4.74 Å². The summed E-state index contributed by atoms with van der Waals surface area (Å²) < 4.78 is 19.0.